The van der Waals surface area contributed by atoms with Gasteiger partial charge >= 0.3 is 5.97 Å². The number of carboxylic acids is 1. The van der Waals surface area contributed by atoms with Crippen molar-refractivity contribution in [1.29, 1.82) is 0 Å². The Kier molecular flexibility index (Phi) is 3.45. The van der Waals surface area contributed by atoms with E-state index < -0.39 is 5.97 Å². The zero-order valence-electron chi connectivity index (χ0n) is 12.5. The molecular weight excluding hydrogens is 266 g/mol. The maximum absolute atomic E-state index is 11.0. The first-order chi connectivity index (χ1) is 9.97. The molecule has 3 rings (SSSR count). The Morgan fingerprint density at radius 3 is 2.76 bits per heavy atom. The summed E-state index contributed by atoms with van der Waals surface area (Å²) in [5.41, 5.74) is 2.34. The van der Waals surface area contributed by atoms with Crippen molar-refractivity contribution in [1.82, 2.24) is 14.5 Å². The SMILES string of the molecule is CN1CCC(C)(Cn2cnc3cc(C(=O)O)ccc32)CC1. The number of aromatic carboxylic acids is 1. The van der Waals surface area contributed by atoms with Gasteiger partial charge in [-0.2, -0.15) is 0 Å². The van der Waals surface area contributed by atoms with Gasteiger partial charge in [-0.15, -0.1) is 0 Å². The molecule has 21 heavy (non-hydrogen) atoms. The summed E-state index contributed by atoms with van der Waals surface area (Å²) in [5, 5.41) is 9.04. The van der Waals surface area contributed by atoms with E-state index in [0.29, 0.717) is 5.56 Å². The number of likely N-dealkylation sites (tertiary alicyclic amines) is 1. The maximum atomic E-state index is 11.0. The second kappa shape index (κ2) is 5.15. The molecule has 1 aromatic carbocycles. The number of rotatable bonds is 3. The van der Waals surface area contributed by atoms with Gasteiger partial charge in [-0.3, -0.25) is 0 Å². The van der Waals surface area contributed by atoms with Crippen LogP contribution in [0.3, 0.4) is 0 Å². The van der Waals surface area contributed by atoms with E-state index in [-0.39, 0.29) is 5.41 Å². The van der Waals surface area contributed by atoms with Crippen LogP contribution in [-0.4, -0.2) is 45.7 Å². The largest absolute Gasteiger partial charge is 0.478 e. The first-order valence-electron chi connectivity index (χ1n) is 7.34. The van der Waals surface area contributed by atoms with Crippen molar-refractivity contribution in [2.75, 3.05) is 20.1 Å². The fourth-order valence-corrected chi connectivity index (χ4v) is 3.05. The molecule has 0 unspecified atom stereocenters. The van der Waals surface area contributed by atoms with E-state index in [9.17, 15) is 4.79 Å². The second-order valence-corrected chi connectivity index (χ2v) is 6.50. The summed E-state index contributed by atoms with van der Waals surface area (Å²) in [6.45, 7) is 5.53. The molecular formula is C16H21N3O2. The third-order valence-electron chi connectivity index (χ3n) is 4.61. The summed E-state index contributed by atoms with van der Waals surface area (Å²) in [6, 6.07) is 5.16. The van der Waals surface area contributed by atoms with Gasteiger partial charge in [-0.25, -0.2) is 9.78 Å². The number of hydrogen-bond donors (Lipinski definition) is 1. The topological polar surface area (TPSA) is 58.4 Å². The minimum absolute atomic E-state index is 0.283. The predicted octanol–water partition coefficient (Wildman–Crippen LogP) is 2.47. The van der Waals surface area contributed by atoms with E-state index in [1.165, 1.54) is 12.8 Å². The molecule has 1 aromatic heterocycles. The Labute approximate surface area is 124 Å². The molecule has 2 heterocycles. The van der Waals surface area contributed by atoms with Crippen LogP contribution in [0.15, 0.2) is 24.5 Å². The molecule has 0 aliphatic carbocycles. The van der Waals surface area contributed by atoms with Gasteiger partial charge in [0.05, 0.1) is 22.9 Å². The molecule has 5 nitrogen and oxygen atoms in total. The Morgan fingerprint density at radius 2 is 2.10 bits per heavy atom. The molecule has 0 spiro atoms. The summed E-state index contributed by atoms with van der Waals surface area (Å²) >= 11 is 0. The Hall–Kier alpha value is -1.88. The molecule has 0 amide bonds. The molecule has 0 atom stereocenters. The molecule has 0 saturated carbocycles. The number of hydrogen-bond acceptors (Lipinski definition) is 3. The van der Waals surface area contributed by atoms with E-state index in [4.69, 9.17) is 5.11 Å². The van der Waals surface area contributed by atoms with Crippen LogP contribution in [-0.2, 0) is 6.54 Å². The van der Waals surface area contributed by atoms with Gasteiger partial charge in [-0.1, -0.05) is 6.92 Å². The molecule has 1 fully saturated rings. The van der Waals surface area contributed by atoms with Crippen molar-refractivity contribution in [3.8, 4) is 0 Å². The smallest absolute Gasteiger partial charge is 0.335 e. The van der Waals surface area contributed by atoms with E-state index in [0.717, 1.165) is 30.7 Å². The van der Waals surface area contributed by atoms with Gasteiger partial charge in [-0.05, 0) is 56.6 Å². The minimum atomic E-state index is -0.909. The monoisotopic (exact) mass is 287 g/mol. The van der Waals surface area contributed by atoms with Gasteiger partial charge in [0.15, 0.2) is 0 Å². The minimum Gasteiger partial charge on any atom is -0.478 e. The molecule has 112 valence electrons. The number of benzene rings is 1. The number of fused-ring (bicyclic) bond motifs is 1. The van der Waals surface area contributed by atoms with E-state index in [2.05, 4.69) is 28.4 Å². The van der Waals surface area contributed by atoms with E-state index in [1.807, 2.05) is 12.4 Å². The average molecular weight is 287 g/mol. The number of carbonyl (C=O) groups is 1. The standard InChI is InChI=1S/C16H21N3O2/c1-16(5-7-18(2)8-6-16)10-19-11-17-13-9-12(15(20)21)3-4-14(13)19/h3-4,9,11H,5-8,10H2,1-2H3,(H,20,21). The number of imidazole rings is 1. The van der Waals surface area contributed by atoms with Crippen LogP contribution in [0, 0.1) is 5.41 Å². The zero-order valence-corrected chi connectivity index (χ0v) is 12.5. The maximum Gasteiger partial charge on any atom is 0.335 e. The van der Waals surface area contributed by atoms with E-state index >= 15 is 0 Å². The number of piperidine rings is 1. The molecule has 2 aromatic rings. The summed E-state index contributed by atoms with van der Waals surface area (Å²) in [4.78, 5) is 17.7. The Bertz CT molecular complexity index is 669. The Morgan fingerprint density at radius 1 is 1.38 bits per heavy atom. The van der Waals surface area contributed by atoms with Crippen LogP contribution in [0.5, 0.6) is 0 Å². The number of nitrogens with zero attached hydrogens (tertiary/aromatic N) is 3. The quantitative estimate of drug-likeness (QED) is 0.942. The molecule has 1 aliphatic rings. The molecule has 1 aliphatic heterocycles. The lowest BCUT2D eigenvalue weighted by atomic mass is 9.80. The molecule has 1 saturated heterocycles. The van der Waals surface area contributed by atoms with Crippen molar-refractivity contribution < 1.29 is 9.90 Å². The number of aromatic nitrogens is 2. The highest BCUT2D eigenvalue weighted by atomic mass is 16.4. The fraction of sp³-hybridized carbons (Fsp3) is 0.500. The molecule has 5 heteroatoms. The van der Waals surface area contributed by atoms with Gasteiger partial charge in [0.25, 0.3) is 0 Å². The van der Waals surface area contributed by atoms with Gasteiger partial charge in [0.1, 0.15) is 0 Å². The normalized spacial score (nSPS) is 19.0. The molecule has 0 bridgehead atoms. The van der Waals surface area contributed by atoms with E-state index in [1.54, 1.807) is 12.1 Å². The average Bonchev–Trinajstić information content (AvgIpc) is 2.84. The van der Waals surface area contributed by atoms with Gasteiger partial charge in [0, 0.05) is 6.54 Å². The first kappa shape index (κ1) is 14.1. The predicted molar refractivity (Wildman–Crippen MR) is 81.5 cm³/mol. The van der Waals surface area contributed by atoms with Gasteiger partial charge < -0.3 is 14.6 Å². The van der Waals surface area contributed by atoms with Crippen molar-refractivity contribution in [2.24, 2.45) is 5.41 Å². The van der Waals surface area contributed by atoms with Crippen LogP contribution >= 0.6 is 0 Å². The molecule has 0 radical (unpaired) electrons. The lowest BCUT2D eigenvalue weighted by Crippen LogP contribution is -2.38. The van der Waals surface area contributed by atoms with Crippen LogP contribution in [0.2, 0.25) is 0 Å². The summed E-state index contributed by atoms with van der Waals surface area (Å²) < 4.78 is 2.16. The van der Waals surface area contributed by atoms with Crippen LogP contribution in [0.1, 0.15) is 30.1 Å². The highest BCUT2D eigenvalue weighted by Gasteiger charge is 2.29. The summed E-state index contributed by atoms with van der Waals surface area (Å²) in [6.07, 6.45) is 4.19. The highest BCUT2D eigenvalue weighted by Crippen LogP contribution is 2.33. The second-order valence-electron chi connectivity index (χ2n) is 6.50. The summed E-state index contributed by atoms with van der Waals surface area (Å²) in [5.74, 6) is -0.909. The van der Waals surface area contributed by atoms with Crippen molar-refractivity contribution in [3.63, 3.8) is 0 Å². The summed E-state index contributed by atoms with van der Waals surface area (Å²) in [7, 11) is 2.17. The highest BCUT2D eigenvalue weighted by molar-refractivity contribution is 5.92. The number of carboxylic acid groups (broad SMARTS) is 1. The van der Waals surface area contributed by atoms with Crippen molar-refractivity contribution in [3.05, 3.63) is 30.1 Å². The fourth-order valence-electron chi connectivity index (χ4n) is 3.05. The van der Waals surface area contributed by atoms with Crippen LogP contribution in [0.25, 0.3) is 11.0 Å². The van der Waals surface area contributed by atoms with Crippen LogP contribution in [0.4, 0.5) is 0 Å². The van der Waals surface area contributed by atoms with Gasteiger partial charge in [0.2, 0.25) is 0 Å². The first-order valence-corrected chi connectivity index (χ1v) is 7.34. The zero-order chi connectivity index (χ0) is 15.0. The molecule has 1 N–H and O–H groups in total. The van der Waals surface area contributed by atoms with Crippen molar-refractivity contribution >= 4 is 17.0 Å². The third-order valence-corrected chi connectivity index (χ3v) is 4.61. The lowest BCUT2D eigenvalue weighted by Gasteiger charge is -2.38. The Balaban J connectivity index is 1.86. The van der Waals surface area contributed by atoms with Crippen molar-refractivity contribution in [2.45, 2.75) is 26.3 Å². The van der Waals surface area contributed by atoms with Crippen LogP contribution < -0.4 is 0 Å². The lowest BCUT2D eigenvalue weighted by molar-refractivity contribution is 0.0697. The third kappa shape index (κ3) is 2.78.